The third-order valence-corrected chi connectivity index (χ3v) is 4.45. The maximum absolute atomic E-state index is 11.1. The summed E-state index contributed by atoms with van der Waals surface area (Å²) in [6.45, 7) is 2.17. The lowest BCUT2D eigenvalue weighted by Gasteiger charge is -2.29. The fourth-order valence-electron chi connectivity index (χ4n) is 2.55. The maximum atomic E-state index is 11.1. The Kier molecular flexibility index (Phi) is 3.84. The predicted molar refractivity (Wildman–Crippen MR) is 75.5 cm³/mol. The van der Waals surface area contributed by atoms with Crippen molar-refractivity contribution in [1.82, 2.24) is 10.1 Å². The zero-order valence-electron chi connectivity index (χ0n) is 11.0. The molecule has 1 atom stereocenters. The Morgan fingerprint density at radius 3 is 3.25 bits per heavy atom. The normalized spacial score (nSPS) is 20.1. The number of nitrogens with zero attached hydrogens (tertiary/aromatic N) is 2. The molecule has 106 valence electrons. The summed E-state index contributed by atoms with van der Waals surface area (Å²) in [5.74, 6) is -0.177. The number of carboxylic acids is 1. The highest BCUT2D eigenvalue weighted by Gasteiger charge is 2.25. The molecule has 0 saturated carbocycles. The van der Waals surface area contributed by atoms with Crippen molar-refractivity contribution < 1.29 is 14.4 Å². The van der Waals surface area contributed by atoms with Gasteiger partial charge in [-0.25, -0.2) is 0 Å². The van der Waals surface area contributed by atoms with E-state index >= 15 is 0 Å². The summed E-state index contributed by atoms with van der Waals surface area (Å²) in [5, 5.41) is 15.2. The van der Waals surface area contributed by atoms with Crippen LogP contribution >= 0.6 is 11.3 Å². The molecule has 0 aromatic carbocycles. The van der Waals surface area contributed by atoms with E-state index in [-0.39, 0.29) is 5.92 Å². The van der Waals surface area contributed by atoms with Gasteiger partial charge in [0.05, 0.1) is 16.5 Å². The number of hydrogen-bond donors (Lipinski definition) is 1. The Balaban J connectivity index is 1.64. The highest BCUT2D eigenvalue weighted by Crippen LogP contribution is 2.26. The smallest absolute Gasteiger partial charge is 0.307 e. The van der Waals surface area contributed by atoms with E-state index in [4.69, 9.17) is 9.63 Å². The van der Waals surface area contributed by atoms with Gasteiger partial charge in [0.1, 0.15) is 0 Å². The Morgan fingerprint density at radius 2 is 2.50 bits per heavy atom. The van der Waals surface area contributed by atoms with Crippen LogP contribution in [0.2, 0.25) is 0 Å². The molecule has 20 heavy (non-hydrogen) atoms. The van der Waals surface area contributed by atoms with Gasteiger partial charge in [-0.1, -0.05) is 11.2 Å². The first-order valence-electron chi connectivity index (χ1n) is 6.67. The largest absolute Gasteiger partial charge is 0.481 e. The van der Waals surface area contributed by atoms with Crippen molar-refractivity contribution in [2.45, 2.75) is 19.4 Å². The predicted octanol–water partition coefficient (Wildman–Crippen LogP) is 2.70. The number of aromatic nitrogens is 1. The molecule has 6 heteroatoms. The fraction of sp³-hybridized carbons (Fsp3) is 0.429. The molecule has 0 aliphatic carbocycles. The summed E-state index contributed by atoms with van der Waals surface area (Å²) >= 11 is 1.61. The van der Waals surface area contributed by atoms with Gasteiger partial charge >= 0.3 is 5.97 Å². The van der Waals surface area contributed by atoms with E-state index in [1.807, 2.05) is 23.6 Å². The van der Waals surface area contributed by atoms with E-state index in [1.165, 1.54) is 0 Å². The topological polar surface area (TPSA) is 66.6 Å². The van der Waals surface area contributed by atoms with E-state index in [2.05, 4.69) is 10.1 Å². The first-order chi connectivity index (χ1) is 9.72. The Morgan fingerprint density at radius 1 is 1.60 bits per heavy atom. The van der Waals surface area contributed by atoms with Crippen molar-refractivity contribution in [3.63, 3.8) is 0 Å². The van der Waals surface area contributed by atoms with Crippen LogP contribution in [0.1, 0.15) is 18.5 Å². The zero-order valence-corrected chi connectivity index (χ0v) is 11.8. The molecule has 3 rings (SSSR count). The van der Waals surface area contributed by atoms with E-state index in [9.17, 15) is 4.79 Å². The second-order valence-electron chi connectivity index (χ2n) is 5.07. The first kappa shape index (κ1) is 13.3. The first-order valence-corrected chi connectivity index (χ1v) is 7.55. The van der Waals surface area contributed by atoms with Crippen LogP contribution in [0.25, 0.3) is 10.6 Å². The van der Waals surface area contributed by atoms with Crippen LogP contribution in [0, 0.1) is 5.92 Å². The van der Waals surface area contributed by atoms with Gasteiger partial charge in [0.25, 0.3) is 0 Å². The summed E-state index contributed by atoms with van der Waals surface area (Å²) in [6, 6.07) is 5.91. The summed E-state index contributed by atoms with van der Waals surface area (Å²) in [4.78, 5) is 14.3. The third-order valence-electron chi connectivity index (χ3n) is 3.56. The van der Waals surface area contributed by atoms with Crippen LogP contribution in [-0.2, 0) is 11.3 Å². The number of hydrogen-bond acceptors (Lipinski definition) is 5. The molecule has 1 aliphatic rings. The van der Waals surface area contributed by atoms with Gasteiger partial charge in [0.2, 0.25) is 0 Å². The minimum absolute atomic E-state index is 0.257. The van der Waals surface area contributed by atoms with Crippen molar-refractivity contribution in [3.05, 3.63) is 29.3 Å². The van der Waals surface area contributed by atoms with Gasteiger partial charge in [-0.2, -0.15) is 0 Å². The summed E-state index contributed by atoms with van der Waals surface area (Å²) < 4.78 is 5.34. The molecule has 1 saturated heterocycles. The van der Waals surface area contributed by atoms with Crippen molar-refractivity contribution in [3.8, 4) is 10.6 Å². The Bertz CT molecular complexity index is 579. The summed E-state index contributed by atoms with van der Waals surface area (Å²) in [7, 11) is 0. The molecule has 5 nitrogen and oxygen atoms in total. The molecular formula is C14H16N2O3S. The molecule has 0 spiro atoms. The number of carbonyl (C=O) groups is 1. The molecule has 1 aliphatic heterocycles. The average molecular weight is 292 g/mol. The lowest BCUT2D eigenvalue weighted by molar-refractivity contribution is -0.143. The fourth-order valence-corrected chi connectivity index (χ4v) is 3.22. The van der Waals surface area contributed by atoms with Crippen LogP contribution < -0.4 is 0 Å². The number of rotatable bonds is 4. The molecule has 2 aromatic rings. The van der Waals surface area contributed by atoms with Gasteiger partial charge < -0.3 is 9.63 Å². The van der Waals surface area contributed by atoms with Gasteiger partial charge in [-0.15, -0.1) is 11.3 Å². The Labute approximate surface area is 120 Å². The van der Waals surface area contributed by atoms with Crippen LogP contribution in [0.15, 0.2) is 28.1 Å². The van der Waals surface area contributed by atoms with Crippen LogP contribution in [0.3, 0.4) is 0 Å². The quantitative estimate of drug-likeness (QED) is 0.938. The van der Waals surface area contributed by atoms with Crippen LogP contribution in [-0.4, -0.2) is 34.2 Å². The summed E-state index contributed by atoms with van der Waals surface area (Å²) in [6.07, 6.45) is 1.69. The van der Waals surface area contributed by atoms with E-state index in [1.54, 1.807) is 11.3 Å². The number of carboxylic acid groups (broad SMARTS) is 1. The Hall–Kier alpha value is -1.66. The second-order valence-corrected chi connectivity index (χ2v) is 6.02. The highest BCUT2D eigenvalue weighted by molar-refractivity contribution is 7.13. The van der Waals surface area contributed by atoms with Gasteiger partial charge in [-0.05, 0) is 30.8 Å². The van der Waals surface area contributed by atoms with Crippen molar-refractivity contribution >= 4 is 17.3 Å². The van der Waals surface area contributed by atoms with Gasteiger partial charge in [-0.3, -0.25) is 9.69 Å². The lowest BCUT2D eigenvalue weighted by Crippen LogP contribution is -2.38. The van der Waals surface area contributed by atoms with Crippen molar-refractivity contribution in [2.75, 3.05) is 13.1 Å². The summed E-state index contributed by atoms with van der Waals surface area (Å²) in [5.41, 5.74) is 0.861. The third kappa shape index (κ3) is 2.91. The molecule has 0 radical (unpaired) electrons. The SMILES string of the molecule is O=C(O)C1CCCN(Cc2cc(-c3cccs3)on2)C1. The minimum atomic E-state index is -0.700. The number of likely N-dealkylation sites (tertiary alicyclic amines) is 1. The molecular weight excluding hydrogens is 276 g/mol. The molecule has 2 aromatic heterocycles. The standard InChI is InChI=1S/C14H16N2O3S/c17-14(18)10-3-1-5-16(8-10)9-11-7-12(19-15-11)13-4-2-6-20-13/h2,4,6-7,10H,1,3,5,8-9H2,(H,17,18). The number of thiophene rings is 1. The van der Waals surface area contributed by atoms with Crippen LogP contribution in [0.4, 0.5) is 0 Å². The maximum Gasteiger partial charge on any atom is 0.307 e. The number of piperidine rings is 1. The molecule has 3 heterocycles. The minimum Gasteiger partial charge on any atom is -0.481 e. The molecule has 0 bridgehead atoms. The second kappa shape index (κ2) is 5.76. The van der Waals surface area contributed by atoms with E-state index in [0.29, 0.717) is 13.1 Å². The lowest BCUT2D eigenvalue weighted by atomic mass is 9.98. The van der Waals surface area contributed by atoms with E-state index < -0.39 is 5.97 Å². The number of aliphatic carboxylic acids is 1. The zero-order chi connectivity index (χ0) is 13.9. The van der Waals surface area contributed by atoms with Gasteiger partial charge in [0.15, 0.2) is 5.76 Å². The van der Waals surface area contributed by atoms with Crippen molar-refractivity contribution in [2.24, 2.45) is 5.92 Å². The highest BCUT2D eigenvalue weighted by atomic mass is 32.1. The molecule has 1 unspecified atom stereocenters. The van der Waals surface area contributed by atoms with Crippen molar-refractivity contribution in [1.29, 1.82) is 0 Å². The van der Waals surface area contributed by atoms with E-state index in [0.717, 1.165) is 35.7 Å². The average Bonchev–Trinajstić information content (AvgIpc) is 3.09. The molecule has 0 amide bonds. The molecule has 1 N–H and O–H groups in total. The monoisotopic (exact) mass is 292 g/mol. The van der Waals surface area contributed by atoms with Crippen LogP contribution in [0.5, 0.6) is 0 Å². The van der Waals surface area contributed by atoms with Gasteiger partial charge in [0, 0.05) is 19.2 Å². The molecule has 1 fully saturated rings.